The Bertz CT molecular complexity index is 884. The number of nitrogens with zero attached hydrogens (tertiary/aromatic N) is 1. The zero-order valence-corrected chi connectivity index (χ0v) is 18.2. The summed E-state index contributed by atoms with van der Waals surface area (Å²) in [6, 6.07) is 13.9. The van der Waals surface area contributed by atoms with E-state index in [2.05, 4.69) is 36.6 Å². The third-order valence-electron chi connectivity index (χ3n) is 4.49. The second kappa shape index (κ2) is 9.70. The maximum Gasteiger partial charge on any atom is 0.262 e. The number of hydrazone groups is 1. The topological polar surface area (TPSA) is 70.6 Å². The molecular formula is C23H28ClN3O2. The molecule has 5 nitrogen and oxygen atoms in total. The van der Waals surface area contributed by atoms with Crippen LogP contribution in [0.5, 0.6) is 0 Å². The molecule has 0 bridgehead atoms. The fourth-order valence-electron chi connectivity index (χ4n) is 2.70. The van der Waals surface area contributed by atoms with Crippen molar-refractivity contribution in [2.24, 2.45) is 11.0 Å². The third kappa shape index (κ3) is 6.71. The molecule has 0 heterocycles. The lowest BCUT2D eigenvalue weighted by molar-refractivity contribution is -0.123. The molecule has 0 fully saturated rings. The van der Waals surface area contributed by atoms with Crippen molar-refractivity contribution in [2.75, 3.05) is 0 Å². The van der Waals surface area contributed by atoms with Gasteiger partial charge in [-0.2, -0.15) is 5.10 Å². The minimum Gasteiger partial charge on any atom is -0.340 e. The summed E-state index contributed by atoms with van der Waals surface area (Å²) < 4.78 is 0. The van der Waals surface area contributed by atoms with E-state index < -0.39 is 6.04 Å². The molecule has 2 amide bonds. The molecule has 2 N–H and O–H groups in total. The Labute approximate surface area is 177 Å². The first-order valence-electron chi connectivity index (χ1n) is 9.58. The predicted molar refractivity (Wildman–Crippen MR) is 118 cm³/mol. The third-order valence-corrected chi connectivity index (χ3v) is 4.72. The number of carbonyl (C=O) groups excluding carboxylic acids is 2. The molecule has 2 aromatic rings. The summed E-state index contributed by atoms with van der Waals surface area (Å²) in [6.45, 7) is 10.2. The molecule has 29 heavy (non-hydrogen) atoms. The van der Waals surface area contributed by atoms with Gasteiger partial charge in [-0.05, 0) is 40.7 Å². The van der Waals surface area contributed by atoms with Gasteiger partial charge in [0.1, 0.15) is 6.04 Å². The Morgan fingerprint density at radius 1 is 1.07 bits per heavy atom. The van der Waals surface area contributed by atoms with Crippen LogP contribution in [0.25, 0.3) is 0 Å². The first-order valence-corrected chi connectivity index (χ1v) is 9.95. The molecule has 0 aliphatic carbocycles. The van der Waals surface area contributed by atoms with Crippen LogP contribution in [-0.4, -0.2) is 24.1 Å². The summed E-state index contributed by atoms with van der Waals surface area (Å²) in [5.41, 5.74) is 5.10. The van der Waals surface area contributed by atoms with Gasteiger partial charge >= 0.3 is 0 Å². The fraction of sp³-hybridized carbons (Fsp3) is 0.348. The lowest BCUT2D eigenvalue weighted by atomic mass is 9.87. The van der Waals surface area contributed by atoms with Crippen LogP contribution in [0.3, 0.4) is 0 Å². The van der Waals surface area contributed by atoms with Gasteiger partial charge in [0.15, 0.2) is 0 Å². The first-order chi connectivity index (χ1) is 13.6. The molecule has 0 radical (unpaired) electrons. The molecule has 0 aliphatic rings. The van der Waals surface area contributed by atoms with Gasteiger partial charge in [0, 0.05) is 10.6 Å². The average molecular weight is 414 g/mol. The SMILES string of the molecule is CC(C)C(NC(=O)c1cccc(Cl)c1)C(=O)N/N=C/c1ccc(C(C)(C)C)cc1. The molecule has 0 aliphatic heterocycles. The summed E-state index contributed by atoms with van der Waals surface area (Å²) in [7, 11) is 0. The zero-order chi connectivity index (χ0) is 21.6. The monoisotopic (exact) mass is 413 g/mol. The van der Waals surface area contributed by atoms with Gasteiger partial charge in [0.2, 0.25) is 0 Å². The van der Waals surface area contributed by atoms with E-state index in [9.17, 15) is 9.59 Å². The van der Waals surface area contributed by atoms with Crippen LogP contribution in [0.4, 0.5) is 0 Å². The molecule has 2 aromatic carbocycles. The second-order valence-electron chi connectivity index (χ2n) is 8.31. The van der Waals surface area contributed by atoms with Crippen molar-refractivity contribution in [1.29, 1.82) is 0 Å². The highest BCUT2D eigenvalue weighted by molar-refractivity contribution is 6.31. The number of nitrogens with one attached hydrogen (secondary N) is 2. The molecular weight excluding hydrogens is 386 g/mol. The van der Waals surface area contributed by atoms with Crippen LogP contribution in [0.2, 0.25) is 5.02 Å². The van der Waals surface area contributed by atoms with E-state index in [1.54, 1.807) is 30.5 Å². The van der Waals surface area contributed by atoms with Crippen molar-refractivity contribution >= 4 is 29.6 Å². The normalized spacial score (nSPS) is 12.8. The van der Waals surface area contributed by atoms with Gasteiger partial charge in [0.05, 0.1) is 6.21 Å². The maximum atomic E-state index is 12.5. The van der Waals surface area contributed by atoms with Crippen molar-refractivity contribution in [3.63, 3.8) is 0 Å². The van der Waals surface area contributed by atoms with E-state index in [4.69, 9.17) is 11.6 Å². The Morgan fingerprint density at radius 2 is 1.72 bits per heavy atom. The van der Waals surface area contributed by atoms with Gasteiger partial charge in [-0.15, -0.1) is 0 Å². The number of amides is 2. The van der Waals surface area contributed by atoms with Gasteiger partial charge < -0.3 is 5.32 Å². The minimum absolute atomic E-state index is 0.0789. The number of carbonyl (C=O) groups is 2. The molecule has 0 spiro atoms. The van der Waals surface area contributed by atoms with Crippen molar-refractivity contribution in [1.82, 2.24) is 10.7 Å². The Balaban J connectivity index is 2.00. The van der Waals surface area contributed by atoms with E-state index in [0.29, 0.717) is 10.6 Å². The van der Waals surface area contributed by atoms with Gasteiger partial charge in [0.25, 0.3) is 11.8 Å². The second-order valence-corrected chi connectivity index (χ2v) is 8.75. The average Bonchev–Trinajstić information content (AvgIpc) is 2.65. The Hall–Kier alpha value is -2.66. The van der Waals surface area contributed by atoms with E-state index in [1.807, 2.05) is 38.1 Å². The van der Waals surface area contributed by atoms with Crippen molar-refractivity contribution in [3.05, 3.63) is 70.2 Å². The number of benzene rings is 2. The quantitative estimate of drug-likeness (QED) is 0.539. The van der Waals surface area contributed by atoms with Crippen LogP contribution in [0, 0.1) is 5.92 Å². The summed E-state index contributed by atoms with van der Waals surface area (Å²) in [5, 5.41) is 7.25. The minimum atomic E-state index is -0.720. The summed E-state index contributed by atoms with van der Waals surface area (Å²) in [6.07, 6.45) is 1.58. The molecule has 0 saturated heterocycles. The van der Waals surface area contributed by atoms with Crippen LogP contribution < -0.4 is 10.7 Å². The van der Waals surface area contributed by atoms with E-state index in [0.717, 1.165) is 5.56 Å². The molecule has 1 unspecified atom stereocenters. The van der Waals surface area contributed by atoms with Gasteiger partial charge in [-0.1, -0.05) is 76.6 Å². The lowest BCUT2D eigenvalue weighted by Crippen LogP contribution is -2.48. The number of hydrogen-bond acceptors (Lipinski definition) is 3. The number of hydrogen-bond donors (Lipinski definition) is 2. The lowest BCUT2D eigenvalue weighted by Gasteiger charge is -2.20. The largest absolute Gasteiger partial charge is 0.340 e. The van der Waals surface area contributed by atoms with E-state index >= 15 is 0 Å². The Morgan fingerprint density at radius 3 is 2.28 bits per heavy atom. The summed E-state index contributed by atoms with van der Waals surface area (Å²) >= 11 is 5.93. The zero-order valence-electron chi connectivity index (χ0n) is 17.5. The van der Waals surface area contributed by atoms with E-state index in [-0.39, 0.29) is 23.1 Å². The highest BCUT2D eigenvalue weighted by Gasteiger charge is 2.24. The van der Waals surface area contributed by atoms with Crippen molar-refractivity contribution in [2.45, 2.75) is 46.1 Å². The van der Waals surface area contributed by atoms with Gasteiger partial charge in [-0.3, -0.25) is 9.59 Å². The molecule has 154 valence electrons. The summed E-state index contributed by atoms with van der Waals surface area (Å²) in [4.78, 5) is 25.0. The molecule has 0 saturated carbocycles. The fourth-order valence-corrected chi connectivity index (χ4v) is 2.89. The molecule has 6 heteroatoms. The smallest absolute Gasteiger partial charge is 0.262 e. The van der Waals surface area contributed by atoms with Crippen molar-refractivity contribution < 1.29 is 9.59 Å². The predicted octanol–water partition coefficient (Wildman–Crippen LogP) is 4.54. The van der Waals surface area contributed by atoms with E-state index in [1.165, 1.54) is 5.56 Å². The Kier molecular flexibility index (Phi) is 7.57. The van der Waals surface area contributed by atoms with Crippen LogP contribution in [0.15, 0.2) is 53.6 Å². The van der Waals surface area contributed by atoms with Crippen molar-refractivity contribution in [3.8, 4) is 0 Å². The van der Waals surface area contributed by atoms with Gasteiger partial charge in [-0.25, -0.2) is 5.43 Å². The summed E-state index contributed by atoms with van der Waals surface area (Å²) in [5.74, 6) is -0.847. The van der Waals surface area contributed by atoms with Crippen LogP contribution >= 0.6 is 11.6 Å². The standard InChI is InChI=1S/C23H28ClN3O2/c1-15(2)20(26-21(28)17-7-6-8-19(24)13-17)22(29)27-25-14-16-9-11-18(12-10-16)23(3,4)5/h6-15,20H,1-5H3,(H,26,28)(H,27,29)/b25-14+. The molecule has 1 atom stereocenters. The first kappa shape index (κ1) is 22.6. The number of rotatable bonds is 6. The van der Waals surface area contributed by atoms with Crippen LogP contribution in [-0.2, 0) is 10.2 Å². The molecule has 0 aromatic heterocycles. The molecule has 2 rings (SSSR count). The maximum absolute atomic E-state index is 12.5. The highest BCUT2D eigenvalue weighted by Crippen LogP contribution is 2.21. The number of halogens is 1. The highest BCUT2D eigenvalue weighted by atomic mass is 35.5. The van der Waals surface area contributed by atoms with Crippen LogP contribution in [0.1, 0.15) is 56.1 Å².